The SMILES string of the molecule is CC(CCc1ccccc1)NCc1ccc(-c2cccc(C(F)(F)F)c2)o1.Cl. The predicted octanol–water partition coefficient (Wildman–Crippen LogP) is 6.50. The van der Waals surface area contributed by atoms with E-state index in [9.17, 15) is 13.2 Å². The van der Waals surface area contributed by atoms with E-state index in [2.05, 4.69) is 24.4 Å². The summed E-state index contributed by atoms with van der Waals surface area (Å²) >= 11 is 0. The predicted molar refractivity (Wildman–Crippen MR) is 107 cm³/mol. The van der Waals surface area contributed by atoms with Crippen LogP contribution in [0.3, 0.4) is 0 Å². The fourth-order valence-corrected chi connectivity index (χ4v) is 2.88. The number of hydrogen-bond acceptors (Lipinski definition) is 2. The molecule has 0 radical (unpaired) electrons. The van der Waals surface area contributed by atoms with E-state index in [1.165, 1.54) is 11.6 Å². The van der Waals surface area contributed by atoms with Crippen molar-refractivity contribution >= 4 is 12.4 Å². The van der Waals surface area contributed by atoms with Gasteiger partial charge in [-0.25, -0.2) is 0 Å². The normalized spacial score (nSPS) is 12.4. The molecule has 0 saturated carbocycles. The van der Waals surface area contributed by atoms with Crippen LogP contribution < -0.4 is 5.32 Å². The van der Waals surface area contributed by atoms with Gasteiger partial charge in [-0.1, -0.05) is 42.5 Å². The molecule has 1 aromatic heterocycles. The number of halogens is 4. The van der Waals surface area contributed by atoms with Crippen molar-refractivity contribution in [1.29, 1.82) is 0 Å². The zero-order valence-corrected chi connectivity index (χ0v) is 16.3. The third-order valence-electron chi connectivity index (χ3n) is 4.47. The minimum atomic E-state index is -4.36. The molecule has 3 rings (SSSR count). The molecule has 0 amide bonds. The zero-order chi connectivity index (χ0) is 19.3. The maximum Gasteiger partial charge on any atom is 0.416 e. The molecule has 0 bridgehead atoms. The maximum atomic E-state index is 12.9. The lowest BCUT2D eigenvalue weighted by Crippen LogP contribution is -2.25. The Kier molecular flexibility index (Phi) is 7.72. The van der Waals surface area contributed by atoms with Crippen LogP contribution in [0.2, 0.25) is 0 Å². The van der Waals surface area contributed by atoms with Gasteiger partial charge < -0.3 is 9.73 Å². The van der Waals surface area contributed by atoms with Crippen LogP contribution in [0.4, 0.5) is 13.2 Å². The Hall–Kier alpha value is -2.24. The van der Waals surface area contributed by atoms with Gasteiger partial charge in [0.15, 0.2) is 0 Å². The third kappa shape index (κ3) is 6.14. The minimum Gasteiger partial charge on any atom is -0.460 e. The molecule has 0 fully saturated rings. The monoisotopic (exact) mass is 409 g/mol. The minimum absolute atomic E-state index is 0. The second kappa shape index (κ2) is 9.80. The van der Waals surface area contributed by atoms with E-state index >= 15 is 0 Å². The van der Waals surface area contributed by atoms with Crippen LogP contribution in [0.5, 0.6) is 0 Å². The van der Waals surface area contributed by atoms with E-state index in [-0.39, 0.29) is 12.4 Å². The van der Waals surface area contributed by atoms with Gasteiger partial charge in [0.25, 0.3) is 0 Å². The highest BCUT2D eigenvalue weighted by atomic mass is 35.5. The van der Waals surface area contributed by atoms with E-state index in [0.29, 0.717) is 29.7 Å². The summed E-state index contributed by atoms with van der Waals surface area (Å²) in [6.45, 7) is 2.65. The van der Waals surface area contributed by atoms with Crippen molar-refractivity contribution in [3.8, 4) is 11.3 Å². The van der Waals surface area contributed by atoms with Gasteiger partial charge in [0.1, 0.15) is 11.5 Å². The van der Waals surface area contributed by atoms with Gasteiger partial charge >= 0.3 is 6.18 Å². The molecule has 0 aliphatic heterocycles. The van der Waals surface area contributed by atoms with Gasteiger partial charge in [0.2, 0.25) is 0 Å². The van der Waals surface area contributed by atoms with Crippen molar-refractivity contribution in [3.05, 3.63) is 83.6 Å². The van der Waals surface area contributed by atoms with E-state index in [1.807, 2.05) is 18.2 Å². The van der Waals surface area contributed by atoms with Gasteiger partial charge in [-0.3, -0.25) is 0 Å². The molecule has 28 heavy (non-hydrogen) atoms. The Morgan fingerprint density at radius 1 is 0.964 bits per heavy atom. The van der Waals surface area contributed by atoms with Crippen molar-refractivity contribution in [2.45, 2.75) is 38.5 Å². The summed E-state index contributed by atoms with van der Waals surface area (Å²) in [6.07, 6.45) is -2.38. The largest absolute Gasteiger partial charge is 0.460 e. The molecule has 0 saturated heterocycles. The second-order valence-electron chi connectivity index (χ2n) is 6.65. The highest BCUT2D eigenvalue weighted by Gasteiger charge is 2.30. The van der Waals surface area contributed by atoms with E-state index < -0.39 is 11.7 Å². The number of rotatable bonds is 7. The van der Waals surface area contributed by atoms with Gasteiger partial charge in [-0.2, -0.15) is 13.2 Å². The lowest BCUT2D eigenvalue weighted by Gasteiger charge is -2.12. The first kappa shape index (κ1) is 22.1. The highest BCUT2D eigenvalue weighted by Crippen LogP contribution is 2.32. The summed E-state index contributed by atoms with van der Waals surface area (Å²) in [5.41, 5.74) is 1.05. The van der Waals surface area contributed by atoms with Crippen molar-refractivity contribution in [2.75, 3.05) is 0 Å². The molecule has 1 atom stereocenters. The summed E-state index contributed by atoms with van der Waals surface area (Å²) in [7, 11) is 0. The lowest BCUT2D eigenvalue weighted by atomic mass is 10.1. The average molecular weight is 410 g/mol. The van der Waals surface area contributed by atoms with Crippen LogP contribution in [0.15, 0.2) is 71.1 Å². The summed E-state index contributed by atoms with van der Waals surface area (Å²) in [6, 6.07) is 19.3. The summed E-state index contributed by atoms with van der Waals surface area (Å²) in [5.74, 6) is 1.14. The molecule has 0 aliphatic carbocycles. The van der Waals surface area contributed by atoms with Crippen LogP contribution in [-0.2, 0) is 19.1 Å². The second-order valence-corrected chi connectivity index (χ2v) is 6.65. The molecular weight excluding hydrogens is 387 g/mol. The Balaban J connectivity index is 0.00000280. The molecule has 1 unspecified atom stereocenters. The molecule has 2 nitrogen and oxygen atoms in total. The molecule has 1 N–H and O–H groups in total. The van der Waals surface area contributed by atoms with Crippen LogP contribution in [0, 0.1) is 0 Å². The quantitative estimate of drug-likeness (QED) is 0.482. The summed E-state index contributed by atoms with van der Waals surface area (Å²) in [5, 5.41) is 3.40. The van der Waals surface area contributed by atoms with Gasteiger partial charge in [0.05, 0.1) is 12.1 Å². The Morgan fingerprint density at radius 2 is 1.71 bits per heavy atom. The first-order chi connectivity index (χ1) is 12.9. The van der Waals surface area contributed by atoms with Crippen molar-refractivity contribution < 1.29 is 17.6 Å². The Labute approximate surface area is 169 Å². The molecule has 2 aromatic carbocycles. The van der Waals surface area contributed by atoms with E-state index in [1.54, 1.807) is 18.2 Å². The van der Waals surface area contributed by atoms with E-state index in [4.69, 9.17) is 4.42 Å². The molecule has 0 aliphatic rings. The van der Waals surface area contributed by atoms with Gasteiger partial charge in [-0.15, -0.1) is 12.4 Å². The van der Waals surface area contributed by atoms with Crippen molar-refractivity contribution in [3.63, 3.8) is 0 Å². The number of benzene rings is 2. The smallest absolute Gasteiger partial charge is 0.416 e. The molecule has 0 spiro atoms. The third-order valence-corrected chi connectivity index (χ3v) is 4.47. The Bertz CT molecular complexity index is 861. The first-order valence-corrected chi connectivity index (χ1v) is 8.95. The standard InChI is InChI=1S/C22H22F3NO.ClH/c1-16(10-11-17-6-3-2-4-7-17)26-15-20-12-13-21(27-20)18-8-5-9-19(14-18)22(23,24)25;/h2-9,12-14,16,26H,10-11,15H2,1H3;1H. The average Bonchev–Trinajstić information content (AvgIpc) is 3.14. The fourth-order valence-electron chi connectivity index (χ4n) is 2.88. The van der Waals surface area contributed by atoms with Crippen molar-refractivity contribution in [1.82, 2.24) is 5.32 Å². The fraction of sp³-hybridized carbons (Fsp3) is 0.273. The number of nitrogens with one attached hydrogen (secondary N) is 1. The first-order valence-electron chi connectivity index (χ1n) is 8.95. The number of alkyl halides is 3. The van der Waals surface area contributed by atoms with Crippen LogP contribution in [-0.4, -0.2) is 6.04 Å². The zero-order valence-electron chi connectivity index (χ0n) is 15.5. The molecule has 6 heteroatoms. The van der Waals surface area contributed by atoms with Gasteiger partial charge in [-0.05, 0) is 49.6 Å². The van der Waals surface area contributed by atoms with Crippen LogP contribution in [0.25, 0.3) is 11.3 Å². The maximum absolute atomic E-state index is 12.9. The van der Waals surface area contributed by atoms with Crippen LogP contribution in [0.1, 0.15) is 30.2 Å². The topological polar surface area (TPSA) is 25.2 Å². The van der Waals surface area contributed by atoms with E-state index in [0.717, 1.165) is 25.0 Å². The summed E-state index contributed by atoms with van der Waals surface area (Å²) < 4.78 is 44.3. The molecule has 1 heterocycles. The molecule has 3 aromatic rings. The number of furan rings is 1. The lowest BCUT2D eigenvalue weighted by molar-refractivity contribution is -0.137. The number of aryl methyl sites for hydroxylation is 1. The number of hydrogen-bond donors (Lipinski definition) is 1. The highest BCUT2D eigenvalue weighted by molar-refractivity contribution is 5.85. The Morgan fingerprint density at radius 3 is 2.43 bits per heavy atom. The van der Waals surface area contributed by atoms with Crippen LogP contribution >= 0.6 is 12.4 Å². The molecular formula is C22H23ClF3NO. The molecule has 150 valence electrons. The summed E-state index contributed by atoms with van der Waals surface area (Å²) in [4.78, 5) is 0. The van der Waals surface area contributed by atoms with Crippen molar-refractivity contribution in [2.24, 2.45) is 0 Å². The van der Waals surface area contributed by atoms with Gasteiger partial charge in [0, 0.05) is 11.6 Å².